The van der Waals surface area contributed by atoms with Crippen LogP contribution in [-0.2, 0) is 7.05 Å². The first-order chi connectivity index (χ1) is 6.72. The Hall–Kier alpha value is -1.39. The molecule has 0 aliphatic heterocycles. The van der Waals surface area contributed by atoms with Gasteiger partial charge in [0.2, 0.25) is 0 Å². The Bertz CT molecular complexity index is 446. The molecule has 2 aromatic rings. The fourth-order valence-electron chi connectivity index (χ4n) is 1.52. The molecule has 4 nitrogen and oxygen atoms in total. The van der Waals surface area contributed by atoms with Gasteiger partial charge < -0.3 is 16.0 Å². The molecule has 0 radical (unpaired) electrons. The third-order valence-corrected chi connectivity index (χ3v) is 2.43. The summed E-state index contributed by atoms with van der Waals surface area (Å²) < 4.78 is 1.98. The maximum atomic E-state index is 5.83. The Kier molecular flexibility index (Phi) is 2.23. The third-order valence-electron chi connectivity index (χ3n) is 2.43. The van der Waals surface area contributed by atoms with Crippen LogP contribution in [0.2, 0.25) is 0 Å². The topological polar surface area (TPSA) is 69.9 Å². The average molecular weight is 190 g/mol. The Morgan fingerprint density at radius 2 is 2.29 bits per heavy atom. The molecule has 0 amide bonds. The molecular weight excluding hydrogens is 176 g/mol. The lowest BCUT2D eigenvalue weighted by Gasteiger charge is -2.08. The summed E-state index contributed by atoms with van der Waals surface area (Å²) in [5, 5.41) is 0. The molecule has 4 heteroatoms. The molecule has 2 rings (SSSR count). The molecule has 0 spiro atoms. The van der Waals surface area contributed by atoms with Crippen molar-refractivity contribution < 1.29 is 0 Å². The van der Waals surface area contributed by atoms with Crippen molar-refractivity contribution in [3.05, 3.63) is 30.1 Å². The van der Waals surface area contributed by atoms with E-state index in [1.807, 2.05) is 29.8 Å². The molecule has 0 saturated heterocycles. The van der Waals surface area contributed by atoms with Crippen LogP contribution in [0.15, 0.2) is 24.5 Å². The van der Waals surface area contributed by atoms with Crippen LogP contribution in [0, 0.1) is 0 Å². The predicted molar refractivity (Wildman–Crippen MR) is 56.7 cm³/mol. The molecule has 1 aromatic carbocycles. The summed E-state index contributed by atoms with van der Waals surface area (Å²) in [7, 11) is 1.97. The van der Waals surface area contributed by atoms with Crippen molar-refractivity contribution in [2.24, 2.45) is 18.5 Å². The van der Waals surface area contributed by atoms with Crippen LogP contribution < -0.4 is 11.5 Å². The molecule has 1 heterocycles. The van der Waals surface area contributed by atoms with Gasteiger partial charge in [0.05, 0.1) is 17.4 Å². The van der Waals surface area contributed by atoms with Gasteiger partial charge in [-0.1, -0.05) is 6.07 Å². The second-order valence-corrected chi connectivity index (χ2v) is 3.45. The smallest absolute Gasteiger partial charge is 0.0955 e. The van der Waals surface area contributed by atoms with E-state index < -0.39 is 0 Å². The number of imidazole rings is 1. The Balaban J connectivity index is 2.52. The molecule has 0 fully saturated rings. The molecule has 1 atom stereocenters. The zero-order valence-electron chi connectivity index (χ0n) is 8.14. The first-order valence-electron chi connectivity index (χ1n) is 4.59. The van der Waals surface area contributed by atoms with Gasteiger partial charge in [0, 0.05) is 19.6 Å². The van der Waals surface area contributed by atoms with Crippen molar-refractivity contribution in [1.29, 1.82) is 0 Å². The largest absolute Gasteiger partial charge is 0.334 e. The highest BCUT2D eigenvalue weighted by molar-refractivity contribution is 5.76. The summed E-state index contributed by atoms with van der Waals surface area (Å²) in [6, 6.07) is 5.92. The maximum Gasteiger partial charge on any atom is 0.0955 e. The normalized spacial score (nSPS) is 13.4. The summed E-state index contributed by atoms with van der Waals surface area (Å²) in [6.45, 7) is 0.457. The first kappa shape index (κ1) is 9.18. The van der Waals surface area contributed by atoms with Crippen molar-refractivity contribution in [3.8, 4) is 0 Å². The van der Waals surface area contributed by atoms with Gasteiger partial charge in [0.1, 0.15) is 0 Å². The summed E-state index contributed by atoms with van der Waals surface area (Å²) in [6.07, 6.45) is 1.79. The monoisotopic (exact) mass is 190 g/mol. The van der Waals surface area contributed by atoms with E-state index in [2.05, 4.69) is 4.98 Å². The lowest BCUT2D eigenvalue weighted by atomic mass is 10.1. The number of aromatic nitrogens is 2. The quantitative estimate of drug-likeness (QED) is 0.725. The number of hydrogen-bond acceptors (Lipinski definition) is 3. The highest BCUT2D eigenvalue weighted by Gasteiger charge is 2.06. The van der Waals surface area contributed by atoms with E-state index in [1.54, 1.807) is 6.33 Å². The van der Waals surface area contributed by atoms with E-state index in [1.165, 1.54) is 0 Å². The van der Waals surface area contributed by atoms with Gasteiger partial charge in [0.25, 0.3) is 0 Å². The standard InChI is InChI=1S/C10H14N4/c1-14-6-13-9-4-7(8(12)5-11)2-3-10(9)14/h2-4,6,8H,5,11-12H2,1H3. The second kappa shape index (κ2) is 3.40. The molecular formula is C10H14N4. The van der Waals surface area contributed by atoms with Crippen LogP contribution in [0.3, 0.4) is 0 Å². The van der Waals surface area contributed by atoms with E-state index in [0.29, 0.717) is 6.54 Å². The van der Waals surface area contributed by atoms with E-state index in [9.17, 15) is 0 Å². The number of benzene rings is 1. The van der Waals surface area contributed by atoms with Crippen molar-refractivity contribution >= 4 is 11.0 Å². The summed E-state index contributed by atoms with van der Waals surface area (Å²) >= 11 is 0. The fourth-order valence-corrected chi connectivity index (χ4v) is 1.52. The van der Waals surface area contributed by atoms with Gasteiger partial charge >= 0.3 is 0 Å². The summed E-state index contributed by atoms with van der Waals surface area (Å²) in [5.41, 5.74) is 14.5. The number of fused-ring (bicyclic) bond motifs is 1. The van der Waals surface area contributed by atoms with Crippen LogP contribution in [-0.4, -0.2) is 16.1 Å². The molecule has 14 heavy (non-hydrogen) atoms. The van der Waals surface area contributed by atoms with E-state index >= 15 is 0 Å². The minimum Gasteiger partial charge on any atom is -0.334 e. The average Bonchev–Trinajstić information content (AvgIpc) is 2.59. The van der Waals surface area contributed by atoms with Gasteiger partial charge in [-0.05, 0) is 17.7 Å². The Morgan fingerprint density at radius 3 is 3.00 bits per heavy atom. The molecule has 0 aliphatic carbocycles. The molecule has 0 aliphatic rings. The number of rotatable bonds is 2. The minimum atomic E-state index is -0.0959. The number of hydrogen-bond donors (Lipinski definition) is 2. The van der Waals surface area contributed by atoms with Crippen molar-refractivity contribution in [2.75, 3.05) is 6.54 Å². The van der Waals surface area contributed by atoms with Crippen LogP contribution in [0.25, 0.3) is 11.0 Å². The third kappa shape index (κ3) is 1.38. The zero-order valence-corrected chi connectivity index (χ0v) is 8.14. The van der Waals surface area contributed by atoms with Crippen molar-refractivity contribution in [3.63, 3.8) is 0 Å². The zero-order chi connectivity index (χ0) is 10.1. The lowest BCUT2D eigenvalue weighted by Crippen LogP contribution is -2.20. The van der Waals surface area contributed by atoms with Crippen LogP contribution in [0.1, 0.15) is 11.6 Å². The van der Waals surface area contributed by atoms with E-state index in [0.717, 1.165) is 16.6 Å². The number of nitrogens with zero attached hydrogens (tertiary/aromatic N) is 2. The predicted octanol–water partition coefficient (Wildman–Crippen LogP) is 0.532. The summed E-state index contributed by atoms with van der Waals surface area (Å²) in [5.74, 6) is 0. The van der Waals surface area contributed by atoms with E-state index in [-0.39, 0.29) is 6.04 Å². The van der Waals surface area contributed by atoms with Gasteiger partial charge in [-0.2, -0.15) is 0 Å². The van der Waals surface area contributed by atoms with Crippen molar-refractivity contribution in [2.45, 2.75) is 6.04 Å². The number of aryl methyl sites for hydroxylation is 1. The number of nitrogens with two attached hydrogens (primary N) is 2. The van der Waals surface area contributed by atoms with Gasteiger partial charge in [-0.25, -0.2) is 4.98 Å². The SMILES string of the molecule is Cn1cnc2cc(C(N)CN)ccc21. The minimum absolute atomic E-state index is 0.0959. The van der Waals surface area contributed by atoms with Crippen LogP contribution >= 0.6 is 0 Å². The first-order valence-corrected chi connectivity index (χ1v) is 4.59. The van der Waals surface area contributed by atoms with Gasteiger partial charge in [-0.15, -0.1) is 0 Å². The molecule has 0 saturated carbocycles. The molecule has 4 N–H and O–H groups in total. The van der Waals surface area contributed by atoms with Gasteiger partial charge in [0.15, 0.2) is 0 Å². The van der Waals surface area contributed by atoms with E-state index in [4.69, 9.17) is 11.5 Å². The molecule has 0 bridgehead atoms. The molecule has 1 aromatic heterocycles. The van der Waals surface area contributed by atoms with Crippen molar-refractivity contribution in [1.82, 2.24) is 9.55 Å². The second-order valence-electron chi connectivity index (χ2n) is 3.45. The van der Waals surface area contributed by atoms with Crippen LogP contribution in [0.4, 0.5) is 0 Å². The Labute approximate surface area is 82.5 Å². The van der Waals surface area contributed by atoms with Gasteiger partial charge in [-0.3, -0.25) is 0 Å². The molecule has 74 valence electrons. The highest BCUT2D eigenvalue weighted by Crippen LogP contribution is 2.17. The van der Waals surface area contributed by atoms with Crippen LogP contribution in [0.5, 0.6) is 0 Å². The molecule has 1 unspecified atom stereocenters. The summed E-state index contributed by atoms with van der Waals surface area (Å²) in [4.78, 5) is 4.26. The fraction of sp³-hybridized carbons (Fsp3) is 0.300. The maximum absolute atomic E-state index is 5.83. The lowest BCUT2D eigenvalue weighted by molar-refractivity contribution is 0.738. The highest BCUT2D eigenvalue weighted by atomic mass is 15.0. The Morgan fingerprint density at radius 1 is 1.50 bits per heavy atom.